The van der Waals surface area contributed by atoms with Gasteiger partial charge in [0.2, 0.25) is 18.1 Å². The van der Waals surface area contributed by atoms with E-state index < -0.39 is 39.8 Å². The highest BCUT2D eigenvalue weighted by Crippen LogP contribution is 2.59. The Morgan fingerprint density at radius 2 is 1.63 bits per heavy atom. The van der Waals surface area contributed by atoms with Gasteiger partial charge < -0.3 is 4.85 Å². The van der Waals surface area contributed by atoms with Crippen LogP contribution in [0, 0.1) is 60.6 Å². The van der Waals surface area contributed by atoms with Crippen molar-refractivity contribution in [3.05, 3.63) is 53.2 Å². The highest BCUT2D eigenvalue weighted by Gasteiger charge is 2.61. The molecule has 3 aliphatic carbocycles. The monoisotopic (exact) mass is 377 g/mol. The van der Waals surface area contributed by atoms with Gasteiger partial charge in [-0.3, -0.25) is 30.3 Å². The van der Waals surface area contributed by atoms with Crippen molar-refractivity contribution in [3.8, 4) is 0 Å². The molecule has 11 heteroatoms. The van der Waals surface area contributed by atoms with Gasteiger partial charge in [0.25, 0.3) is 5.82 Å². The van der Waals surface area contributed by atoms with Crippen LogP contribution in [-0.2, 0) is 0 Å². The molecule has 11 nitrogen and oxygen atoms in total. The summed E-state index contributed by atoms with van der Waals surface area (Å²) < 4.78 is 0. The van der Waals surface area contributed by atoms with E-state index in [1.54, 1.807) is 0 Å². The molecule has 3 fully saturated rings. The van der Waals surface area contributed by atoms with Crippen molar-refractivity contribution in [2.75, 3.05) is 0 Å². The van der Waals surface area contributed by atoms with Gasteiger partial charge in [-0.25, -0.2) is 0 Å². The van der Waals surface area contributed by atoms with Gasteiger partial charge in [0, 0.05) is 40.0 Å². The van der Waals surface area contributed by atoms with E-state index >= 15 is 0 Å². The Balaban J connectivity index is 2.10. The lowest BCUT2D eigenvalue weighted by atomic mass is 9.69. The Kier molecular flexibility index (Phi) is 4.91. The van der Waals surface area contributed by atoms with Crippen LogP contribution in [0.2, 0.25) is 0 Å². The predicted octanol–water partition coefficient (Wildman–Crippen LogP) is 2.21. The second-order valence-electron chi connectivity index (χ2n) is 7.52. The van der Waals surface area contributed by atoms with Gasteiger partial charge in [0.05, 0.1) is 13.1 Å². The smallest absolute Gasteiger partial charge is 0.268 e. The second kappa shape index (κ2) is 7.02. The van der Waals surface area contributed by atoms with Crippen LogP contribution in [0.1, 0.15) is 32.1 Å². The standard InChI is InChI=1S/C16H19N5O6/c1-17-16(18-2)15-11-5-8(19(22)23)3-4-10(11)14-12(15)6-9(20(24)25)7-13(14)21(26)27/h8-14H,1,3-7H2/b16-15-. The van der Waals surface area contributed by atoms with Crippen LogP contribution in [0.25, 0.3) is 4.85 Å². The summed E-state index contributed by atoms with van der Waals surface area (Å²) in [5.41, 5.74) is 0.514. The highest BCUT2D eigenvalue weighted by atomic mass is 16.6. The highest BCUT2D eigenvalue weighted by molar-refractivity contribution is 5.38. The molecule has 0 radical (unpaired) electrons. The van der Waals surface area contributed by atoms with Gasteiger partial charge in [-0.1, -0.05) is 6.57 Å². The van der Waals surface area contributed by atoms with Crippen molar-refractivity contribution in [2.24, 2.45) is 28.7 Å². The van der Waals surface area contributed by atoms with E-state index in [-0.39, 0.29) is 41.8 Å². The normalized spacial score (nSPS) is 39.4. The summed E-state index contributed by atoms with van der Waals surface area (Å²) in [7, 11) is 0. The number of nitro groups is 3. The number of fused-ring (bicyclic) bond motifs is 3. The number of allylic oxidation sites excluding steroid dienone is 1. The lowest BCUT2D eigenvalue weighted by Gasteiger charge is -2.34. The zero-order chi connectivity index (χ0) is 19.9. The molecule has 0 aromatic carbocycles. The molecule has 3 aliphatic rings. The number of rotatable bonds is 4. The van der Waals surface area contributed by atoms with E-state index in [1.165, 1.54) is 0 Å². The van der Waals surface area contributed by atoms with Gasteiger partial charge in [-0.2, -0.15) is 0 Å². The lowest BCUT2D eigenvalue weighted by Crippen LogP contribution is -2.46. The topological polar surface area (TPSA) is 146 Å². The molecule has 0 bridgehead atoms. The molecule has 3 saturated carbocycles. The van der Waals surface area contributed by atoms with Crippen molar-refractivity contribution in [1.29, 1.82) is 0 Å². The average Bonchev–Trinajstić information content (AvgIpc) is 2.95. The first-order chi connectivity index (χ1) is 12.8. The molecule has 7 atom stereocenters. The van der Waals surface area contributed by atoms with E-state index in [1.807, 2.05) is 0 Å². The Hall–Kier alpha value is -2.90. The fourth-order valence-electron chi connectivity index (χ4n) is 5.55. The van der Waals surface area contributed by atoms with Crippen LogP contribution in [-0.4, -0.2) is 39.6 Å². The summed E-state index contributed by atoms with van der Waals surface area (Å²) in [5, 5.41) is 34.3. The van der Waals surface area contributed by atoms with Crippen molar-refractivity contribution < 1.29 is 14.8 Å². The predicted molar refractivity (Wildman–Crippen MR) is 92.6 cm³/mol. The Morgan fingerprint density at radius 3 is 2.15 bits per heavy atom. The van der Waals surface area contributed by atoms with Crippen molar-refractivity contribution in [3.63, 3.8) is 0 Å². The lowest BCUT2D eigenvalue weighted by molar-refractivity contribution is -0.578. The van der Waals surface area contributed by atoms with Gasteiger partial charge in [0.15, 0.2) is 0 Å². The number of nitrogens with zero attached hydrogens (tertiary/aromatic N) is 5. The summed E-state index contributed by atoms with van der Waals surface area (Å²) >= 11 is 0. The molecule has 0 N–H and O–H groups in total. The third-order valence-corrected chi connectivity index (χ3v) is 6.50. The van der Waals surface area contributed by atoms with Gasteiger partial charge in [-0.15, -0.1) is 4.99 Å². The molecule has 7 unspecified atom stereocenters. The van der Waals surface area contributed by atoms with E-state index in [4.69, 9.17) is 6.57 Å². The van der Waals surface area contributed by atoms with Gasteiger partial charge in [-0.05, 0) is 29.7 Å². The van der Waals surface area contributed by atoms with Crippen LogP contribution < -0.4 is 0 Å². The summed E-state index contributed by atoms with van der Waals surface area (Å²) in [6, 6.07) is -2.94. The molecule has 0 aromatic rings. The number of aliphatic imine (C=N–C) groups is 1. The van der Waals surface area contributed by atoms with E-state index in [0.29, 0.717) is 18.4 Å². The van der Waals surface area contributed by atoms with E-state index in [9.17, 15) is 30.3 Å². The van der Waals surface area contributed by atoms with Crippen LogP contribution in [0.3, 0.4) is 0 Å². The number of hydrogen-bond acceptors (Lipinski definition) is 7. The quantitative estimate of drug-likeness (QED) is 0.318. The molecule has 0 heterocycles. The summed E-state index contributed by atoms with van der Waals surface area (Å²) in [6.07, 6.45) is 0.898. The molecule has 0 amide bonds. The first kappa shape index (κ1) is 18.9. The molecule has 0 aromatic heterocycles. The van der Waals surface area contributed by atoms with E-state index in [2.05, 4.69) is 16.6 Å². The van der Waals surface area contributed by atoms with E-state index in [0.717, 1.165) is 0 Å². The molecule has 27 heavy (non-hydrogen) atoms. The van der Waals surface area contributed by atoms with Crippen LogP contribution in [0.4, 0.5) is 0 Å². The van der Waals surface area contributed by atoms with Crippen molar-refractivity contribution >= 4 is 6.72 Å². The molecule has 0 saturated heterocycles. The molecular formula is C16H19N5O6. The third-order valence-electron chi connectivity index (χ3n) is 6.50. The van der Waals surface area contributed by atoms with Crippen LogP contribution >= 0.6 is 0 Å². The average molecular weight is 377 g/mol. The first-order valence-electron chi connectivity index (χ1n) is 8.78. The van der Waals surface area contributed by atoms with Gasteiger partial charge >= 0.3 is 0 Å². The fraction of sp³-hybridized carbons (Fsp3) is 0.750. The van der Waals surface area contributed by atoms with Crippen LogP contribution in [0.5, 0.6) is 0 Å². The molecule has 0 spiro atoms. The minimum atomic E-state index is -1.09. The zero-order valence-corrected chi connectivity index (χ0v) is 14.5. The van der Waals surface area contributed by atoms with Crippen LogP contribution in [0.15, 0.2) is 16.4 Å². The molecule has 144 valence electrons. The van der Waals surface area contributed by atoms with Crippen molar-refractivity contribution in [2.45, 2.75) is 50.2 Å². The Bertz CT molecular complexity index is 774. The fourth-order valence-corrected chi connectivity index (χ4v) is 5.55. The summed E-state index contributed by atoms with van der Waals surface area (Å²) in [5.74, 6) is -1.57. The zero-order valence-electron chi connectivity index (χ0n) is 14.5. The maximum absolute atomic E-state index is 11.7. The minimum Gasteiger partial charge on any atom is -0.361 e. The molecule has 0 aliphatic heterocycles. The molecule has 3 rings (SSSR count). The third kappa shape index (κ3) is 3.05. The van der Waals surface area contributed by atoms with Crippen molar-refractivity contribution in [1.82, 2.24) is 0 Å². The Labute approximate surface area is 154 Å². The molecular weight excluding hydrogens is 358 g/mol. The number of hydrogen-bond donors (Lipinski definition) is 0. The summed E-state index contributed by atoms with van der Waals surface area (Å²) in [6.45, 7) is 10.8. The van der Waals surface area contributed by atoms with Gasteiger partial charge in [0.1, 0.15) is 0 Å². The maximum atomic E-state index is 11.7. The maximum Gasteiger partial charge on any atom is 0.268 e. The largest absolute Gasteiger partial charge is 0.361 e. The minimum absolute atomic E-state index is 0.00686. The summed E-state index contributed by atoms with van der Waals surface area (Å²) in [4.78, 5) is 40.2. The SMILES string of the molecule is [C-]#[N+]/C(N=C)=C1/C2CC([N+](=O)[O-])CCC2C2C1CC([N+](=O)[O-])CC2[N+](=O)[O-]. The second-order valence-corrected chi connectivity index (χ2v) is 7.52. The Morgan fingerprint density at radius 1 is 1.00 bits per heavy atom. The first-order valence-corrected chi connectivity index (χ1v) is 8.78.